The van der Waals surface area contributed by atoms with Crippen LogP contribution in [0.2, 0.25) is 5.02 Å². The van der Waals surface area contributed by atoms with Gasteiger partial charge in [0.05, 0.1) is 9.82 Å². The zero-order valence-electron chi connectivity index (χ0n) is 10.8. The lowest BCUT2D eigenvalue weighted by Crippen LogP contribution is -2.15. The molecule has 0 radical (unpaired) electrons. The number of benzene rings is 1. The number of anilines is 1. The van der Waals surface area contributed by atoms with Crippen molar-refractivity contribution in [2.24, 2.45) is 0 Å². The van der Waals surface area contributed by atoms with Crippen LogP contribution in [0.3, 0.4) is 0 Å². The van der Waals surface area contributed by atoms with Gasteiger partial charge in [-0.05, 0) is 30.7 Å². The van der Waals surface area contributed by atoms with E-state index < -0.39 is 14.9 Å². The van der Waals surface area contributed by atoms with Crippen LogP contribution in [-0.2, 0) is 10.0 Å². The van der Waals surface area contributed by atoms with Gasteiger partial charge in [-0.2, -0.15) is 0 Å². The van der Waals surface area contributed by atoms with Crippen molar-refractivity contribution in [3.8, 4) is 0 Å². The molecule has 1 heterocycles. The Labute approximate surface area is 125 Å². The predicted molar refractivity (Wildman–Crippen MR) is 77.9 cm³/mol. The SMILES string of the molecule is Cc1cc([N+](=O)[O-])cnc1NS(=O)(=O)c1cccc(Cl)c1. The molecule has 0 aliphatic carbocycles. The fourth-order valence-corrected chi connectivity index (χ4v) is 2.97. The third kappa shape index (κ3) is 3.47. The summed E-state index contributed by atoms with van der Waals surface area (Å²) in [5.74, 6) is 0.0283. The Kier molecular flexibility index (Phi) is 4.10. The summed E-state index contributed by atoms with van der Waals surface area (Å²) >= 11 is 5.76. The quantitative estimate of drug-likeness (QED) is 0.687. The number of hydrogen-bond donors (Lipinski definition) is 1. The van der Waals surface area contributed by atoms with Crippen LogP contribution < -0.4 is 4.72 Å². The first-order valence-corrected chi connectivity index (χ1v) is 7.55. The molecule has 0 amide bonds. The standard InChI is InChI=1S/C12H10ClN3O4S/c1-8-5-10(16(17)18)7-14-12(8)15-21(19,20)11-4-2-3-9(13)6-11/h2-7H,1H3,(H,14,15). The van der Waals surface area contributed by atoms with Crippen molar-refractivity contribution in [1.29, 1.82) is 0 Å². The summed E-state index contributed by atoms with van der Waals surface area (Å²) in [6.07, 6.45) is 0.989. The number of hydrogen-bond acceptors (Lipinski definition) is 5. The van der Waals surface area contributed by atoms with Crippen LogP contribution in [0.1, 0.15) is 5.56 Å². The molecular formula is C12H10ClN3O4S. The minimum atomic E-state index is -3.86. The molecule has 0 fully saturated rings. The second-order valence-corrected chi connectivity index (χ2v) is 6.30. The van der Waals surface area contributed by atoms with Crippen LogP contribution >= 0.6 is 11.6 Å². The van der Waals surface area contributed by atoms with Gasteiger partial charge in [-0.15, -0.1) is 0 Å². The third-order valence-corrected chi connectivity index (χ3v) is 4.18. The second-order valence-electron chi connectivity index (χ2n) is 4.18. The highest BCUT2D eigenvalue weighted by Crippen LogP contribution is 2.22. The van der Waals surface area contributed by atoms with Crippen molar-refractivity contribution in [3.63, 3.8) is 0 Å². The summed E-state index contributed by atoms with van der Waals surface area (Å²) in [5.41, 5.74) is 0.132. The minimum absolute atomic E-state index is 0.0189. The van der Waals surface area contributed by atoms with E-state index in [9.17, 15) is 18.5 Å². The summed E-state index contributed by atoms with van der Waals surface area (Å²) in [6, 6.07) is 6.98. The minimum Gasteiger partial charge on any atom is -0.263 e. The van der Waals surface area contributed by atoms with Gasteiger partial charge in [-0.25, -0.2) is 13.4 Å². The smallest absolute Gasteiger partial charge is 0.263 e. The average Bonchev–Trinajstić information content (AvgIpc) is 2.40. The van der Waals surface area contributed by atoms with Gasteiger partial charge in [0.1, 0.15) is 12.0 Å². The number of rotatable bonds is 4. The normalized spacial score (nSPS) is 11.1. The fourth-order valence-electron chi connectivity index (χ4n) is 1.59. The molecule has 0 aliphatic rings. The first-order chi connectivity index (χ1) is 9.79. The predicted octanol–water partition coefficient (Wildman–Crippen LogP) is 2.75. The fraction of sp³-hybridized carbons (Fsp3) is 0.0833. The molecule has 1 aromatic heterocycles. The maximum atomic E-state index is 12.2. The van der Waals surface area contributed by atoms with E-state index in [-0.39, 0.29) is 21.4 Å². The summed E-state index contributed by atoms with van der Waals surface area (Å²) < 4.78 is 26.6. The van der Waals surface area contributed by atoms with Crippen molar-refractivity contribution >= 4 is 33.1 Å². The van der Waals surface area contributed by atoms with Crippen LogP contribution in [0.15, 0.2) is 41.4 Å². The van der Waals surface area contributed by atoms with Gasteiger partial charge in [0.25, 0.3) is 15.7 Å². The van der Waals surface area contributed by atoms with E-state index >= 15 is 0 Å². The first kappa shape index (κ1) is 15.2. The van der Waals surface area contributed by atoms with Crippen LogP contribution in [0.5, 0.6) is 0 Å². The number of aryl methyl sites for hydroxylation is 1. The van der Waals surface area contributed by atoms with Crippen LogP contribution in [-0.4, -0.2) is 18.3 Å². The van der Waals surface area contributed by atoms with Gasteiger partial charge in [0.15, 0.2) is 0 Å². The lowest BCUT2D eigenvalue weighted by atomic mass is 10.3. The molecule has 0 spiro atoms. The van der Waals surface area contributed by atoms with Gasteiger partial charge in [-0.3, -0.25) is 14.8 Å². The number of pyridine rings is 1. The molecule has 0 aliphatic heterocycles. The summed E-state index contributed by atoms with van der Waals surface area (Å²) in [7, 11) is -3.86. The van der Waals surface area contributed by atoms with Gasteiger partial charge in [-0.1, -0.05) is 17.7 Å². The number of halogens is 1. The number of nitrogens with zero attached hydrogens (tertiary/aromatic N) is 2. The zero-order chi connectivity index (χ0) is 15.6. The Morgan fingerprint density at radius 2 is 2.05 bits per heavy atom. The summed E-state index contributed by atoms with van der Waals surface area (Å²) in [6.45, 7) is 1.52. The lowest BCUT2D eigenvalue weighted by molar-refractivity contribution is -0.385. The second kappa shape index (κ2) is 5.66. The Morgan fingerprint density at radius 3 is 2.62 bits per heavy atom. The van der Waals surface area contributed by atoms with E-state index in [1.54, 1.807) is 6.07 Å². The van der Waals surface area contributed by atoms with E-state index in [4.69, 9.17) is 11.6 Å². The Hall–Kier alpha value is -2.19. The Morgan fingerprint density at radius 1 is 1.33 bits per heavy atom. The molecule has 2 aromatic rings. The monoisotopic (exact) mass is 327 g/mol. The zero-order valence-corrected chi connectivity index (χ0v) is 12.4. The van der Waals surface area contributed by atoms with Gasteiger partial charge in [0, 0.05) is 11.1 Å². The highest BCUT2D eigenvalue weighted by atomic mass is 35.5. The maximum Gasteiger partial charge on any atom is 0.287 e. The number of nitro groups is 1. The van der Waals surface area contributed by atoms with Crippen LogP contribution in [0, 0.1) is 17.0 Å². The molecule has 0 bridgehead atoms. The largest absolute Gasteiger partial charge is 0.287 e. The Balaban J connectivity index is 2.35. The molecule has 0 saturated heterocycles. The molecule has 21 heavy (non-hydrogen) atoms. The highest BCUT2D eigenvalue weighted by molar-refractivity contribution is 7.92. The van der Waals surface area contributed by atoms with E-state index in [1.165, 1.54) is 31.2 Å². The van der Waals surface area contributed by atoms with E-state index in [0.29, 0.717) is 5.56 Å². The number of sulfonamides is 1. The lowest BCUT2D eigenvalue weighted by Gasteiger charge is -2.09. The molecule has 1 N–H and O–H groups in total. The number of aromatic nitrogens is 1. The molecule has 0 atom stereocenters. The Bertz CT molecular complexity index is 808. The highest BCUT2D eigenvalue weighted by Gasteiger charge is 2.18. The van der Waals surface area contributed by atoms with E-state index in [0.717, 1.165) is 6.20 Å². The molecule has 9 heteroatoms. The number of nitrogens with one attached hydrogen (secondary N) is 1. The van der Waals surface area contributed by atoms with E-state index in [1.807, 2.05) is 0 Å². The van der Waals surface area contributed by atoms with Crippen LogP contribution in [0.25, 0.3) is 0 Å². The van der Waals surface area contributed by atoms with Gasteiger partial charge < -0.3 is 0 Å². The van der Waals surface area contributed by atoms with Crippen molar-refractivity contribution in [1.82, 2.24) is 4.98 Å². The van der Waals surface area contributed by atoms with Crippen LogP contribution in [0.4, 0.5) is 11.5 Å². The van der Waals surface area contributed by atoms with Crippen molar-refractivity contribution in [3.05, 3.63) is 57.2 Å². The maximum absolute atomic E-state index is 12.2. The average molecular weight is 328 g/mol. The summed E-state index contributed by atoms with van der Waals surface area (Å²) in [5, 5.41) is 10.9. The van der Waals surface area contributed by atoms with Crippen molar-refractivity contribution < 1.29 is 13.3 Å². The molecular weight excluding hydrogens is 318 g/mol. The molecule has 7 nitrogen and oxygen atoms in total. The molecule has 0 saturated carbocycles. The molecule has 110 valence electrons. The van der Waals surface area contributed by atoms with Crippen molar-refractivity contribution in [2.45, 2.75) is 11.8 Å². The molecule has 0 unspecified atom stereocenters. The van der Waals surface area contributed by atoms with Gasteiger partial charge >= 0.3 is 0 Å². The third-order valence-electron chi connectivity index (χ3n) is 2.61. The van der Waals surface area contributed by atoms with Crippen molar-refractivity contribution in [2.75, 3.05) is 4.72 Å². The first-order valence-electron chi connectivity index (χ1n) is 5.69. The van der Waals surface area contributed by atoms with Gasteiger partial charge in [0.2, 0.25) is 0 Å². The van der Waals surface area contributed by atoms with E-state index in [2.05, 4.69) is 9.71 Å². The molecule has 1 aromatic carbocycles. The topological polar surface area (TPSA) is 102 Å². The molecule has 2 rings (SSSR count). The summed E-state index contributed by atoms with van der Waals surface area (Å²) in [4.78, 5) is 13.8.